The molecule has 1 aromatic heterocycles. The number of aromatic nitrogens is 1. The van der Waals surface area contributed by atoms with Crippen LogP contribution in [-0.2, 0) is 0 Å². The Morgan fingerprint density at radius 3 is 2.78 bits per heavy atom. The molecule has 1 atom stereocenters. The first-order valence-electron chi connectivity index (χ1n) is 5.39. The van der Waals surface area contributed by atoms with E-state index in [1.165, 1.54) is 0 Å². The normalized spacial score (nSPS) is 11.6. The molecule has 0 spiro atoms. The standard InChI is InChI=1S/C14H11BrN2O/c1-18-12-4-2-3-10(7-12)13(8-16)14-6-5-11(15)9-17-14/h2-7,9,13H,1H3. The summed E-state index contributed by atoms with van der Waals surface area (Å²) in [7, 11) is 1.61. The predicted octanol–water partition coefficient (Wildman–Crippen LogP) is 3.51. The van der Waals surface area contributed by atoms with Crippen molar-refractivity contribution in [3.8, 4) is 11.8 Å². The van der Waals surface area contributed by atoms with Gasteiger partial charge in [-0.15, -0.1) is 0 Å². The van der Waals surface area contributed by atoms with Gasteiger partial charge in [-0.2, -0.15) is 5.26 Å². The summed E-state index contributed by atoms with van der Waals surface area (Å²) in [4.78, 5) is 4.27. The lowest BCUT2D eigenvalue weighted by molar-refractivity contribution is 0.414. The molecule has 18 heavy (non-hydrogen) atoms. The van der Waals surface area contributed by atoms with Crippen molar-refractivity contribution in [2.45, 2.75) is 5.92 Å². The highest BCUT2D eigenvalue weighted by atomic mass is 79.9. The van der Waals surface area contributed by atoms with Gasteiger partial charge < -0.3 is 4.74 Å². The Balaban J connectivity index is 2.39. The van der Waals surface area contributed by atoms with Crippen LogP contribution in [0.2, 0.25) is 0 Å². The fourth-order valence-electron chi connectivity index (χ4n) is 1.69. The molecule has 0 amide bonds. The van der Waals surface area contributed by atoms with Crippen molar-refractivity contribution in [2.24, 2.45) is 0 Å². The Morgan fingerprint density at radius 2 is 2.17 bits per heavy atom. The van der Waals surface area contributed by atoms with E-state index in [4.69, 9.17) is 4.74 Å². The van der Waals surface area contributed by atoms with Crippen molar-refractivity contribution in [3.05, 3.63) is 58.3 Å². The molecular weight excluding hydrogens is 292 g/mol. The van der Waals surface area contributed by atoms with Gasteiger partial charge in [-0.1, -0.05) is 12.1 Å². The van der Waals surface area contributed by atoms with Crippen molar-refractivity contribution >= 4 is 15.9 Å². The number of methoxy groups -OCH3 is 1. The Bertz CT molecular complexity index is 575. The monoisotopic (exact) mass is 302 g/mol. The lowest BCUT2D eigenvalue weighted by Gasteiger charge is -2.10. The minimum atomic E-state index is -0.381. The zero-order chi connectivity index (χ0) is 13.0. The van der Waals surface area contributed by atoms with Crippen molar-refractivity contribution in [2.75, 3.05) is 7.11 Å². The number of benzene rings is 1. The Hall–Kier alpha value is -1.86. The molecule has 2 rings (SSSR count). The van der Waals surface area contributed by atoms with Crippen molar-refractivity contribution in [3.63, 3.8) is 0 Å². The molecule has 3 nitrogen and oxygen atoms in total. The van der Waals surface area contributed by atoms with Crippen LogP contribution < -0.4 is 4.74 Å². The molecule has 2 aromatic rings. The number of rotatable bonds is 3. The third-order valence-corrected chi connectivity index (χ3v) is 3.07. The molecule has 0 aliphatic heterocycles. The summed E-state index contributed by atoms with van der Waals surface area (Å²) in [6.07, 6.45) is 1.69. The van der Waals surface area contributed by atoms with Crippen LogP contribution in [-0.4, -0.2) is 12.1 Å². The third-order valence-electron chi connectivity index (χ3n) is 2.60. The molecule has 0 radical (unpaired) electrons. The molecule has 0 aliphatic carbocycles. The van der Waals surface area contributed by atoms with Crippen molar-refractivity contribution in [1.29, 1.82) is 5.26 Å². The van der Waals surface area contributed by atoms with Gasteiger partial charge >= 0.3 is 0 Å². The Labute approximate surface area is 114 Å². The molecule has 0 aliphatic rings. The zero-order valence-electron chi connectivity index (χ0n) is 9.80. The highest BCUT2D eigenvalue weighted by Gasteiger charge is 2.15. The third kappa shape index (κ3) is 2.69. The van der Waals surface area contributed by atoms with Gasteiger partial charge in [-0.25, -0.2) is 0 Å². The maximum absolute atomic E-state index is 9.32. The average Bonchev–Trinajstić information content (AvgIpc) is 2.42. The number of ether oxygens (including phenoxy) is 1. The first-order valence-corrected chi connectivity index (χ1v) is 6.19. The van der Waals surface area contributed by atoms with E-state index in [-0.39, 0.29) is 5.92 Å². The van der Waals surface area contributed by atoms with E-state index in [0.717, 1.165) is 21.5 Å². The van der Waals surface area contributed by atoms with Crippen LogP contribution in [0.3, 0.4) is 0 Å². The second-order valence-corrected chi connectivity index (χ2v) is 4.66. The summed E-state index contributed by atoms with van der Waals surface area (Å²) < 4.78 is 6.06. The summed E-state index contributed by atoms with van der Waals surface area (Å²) in [5.74, 6) is 0.359. The number of halogens is 1. The fraction of sp³-hybridized carbons (Fsp3) is 0.143. The van der Waals surface area contributed by atoms with Crippen LogP contribution in [0, 0.1) is 11.3 Å². The molecule has 0 fully saturated rings. The highest BCUT2D eigenvalue weighted by Crippen LogP contribution is 2.26. The maximum Gasteiger partial charge on any atom is 0.119 e. The van der Waals surface area contributed by atoms with Crippen LogP contribution in [0.1, 0.15) is 17.2 Å². The summed E-state index contributed by atoms with van der Waals surface area (Å²) >= 11 is 3.33. The molecule has 1 aromatic carbocycles. The second-order valence-electron chi connectivity index (χ2n) is 3.74. The summed E-state index contributed by atoms with van der Waals surface area (Å²) in [5.41, 5.74) is 1.61. The maximum atomic E-state index is 9.32. The van der Waals surface area contributed by atoms with Gasteiger partial charge in [-0.05, 0) is 45.8 Å². The van der Waals surface area contributed by atoms with E-state index in [0.29, 0.717) is 0 Å². The lowest BCUT2D eigenvalue weighted by Crippen LogP contribution is -2.01. The smallest absolute Gasteiger partial charge is 0.119 e. The lowest BCUT2D eigenvalue weighted by atomic mass is 9.96. The molecule has 90 valence electrons. The summed E-state index contributed by atoms with van der Waals surface area (Å²) in [6.45, 7) is 0. The van der Waals surface area contributed by atoms with E-state index in [1.807, 2.05) is 36.4 Å². The number of hydrogen-bond donors (Lipinski definition) is 0. The van der Waals surface area contributed by atoms with Crippen LogP contribution in [0.5, 0.6) is 5.75 Å². The van der Waals surface area contributed by atoms with E-state index >= 15 is 0 Å². The number of pyridine rings is 1. The first kappa shape index (κ1) is 12.6. The van der Waals surface area contributed by atoms with Crippen molar-refractivity contribution in [1.82, 2.24) is 4.98 Å². The second kappa shape index (κ2) is 5.65. The van der Waals surface area contributed by atoms with E-state index in [2.05, 4.69) is 27.0 Å². The van der Waals surface area contributed by atoms with Gasteiger partial charge in [0.25, 0.3) is 0 Å². The van der Waals surface area contributed by atoms with E-state index < -0.39 is 0 Å². The Kier molecular flexibility index (Phi) is 3.96. The minimum absolute atomic E-state index is 0.381. The molecule has 1 unspecified atom stereocenters. The number of nitrogens with zero attached hydrogens (tertiary/aromatic N) is 2. The first-order chi connectivity index (χ1) is 8.74. The van der Waals surface area contributed by atoms with Gasteiger partial charge in [0.2, 0.25) is 0 Å². The van der Waals surface area contributed by atoms with Crippen LogP contribution in [0.4, 0.5) is 0 Å². The van der Waals surface area contributed by atoms with Gasteiger partial charge in [0.1, 0.15) is 11.7 Å². The molecular formula is C14H11BrN2O. The molecule has 0 saturated carbocycles. The predicted molar refractivity (Wildman–Crippen MR) is 72.4 cm³/mol. The average molecular weight is 303 g/mol. The largest absolute Gasteiger partial charge is 0.497 e. The number of nitriles is 1. The van der Waals surface area contributed by atoms with Gasteiger partial charge in [-0.3, -0.25) is 4.98 Å². The molecule has 0 bridgehead atoms. The van der Waals surface area contributed by atoms with Gasteiger partial charge in [0.05, 0.1) is 18.9 Å². The van der Waals surface area contributed by atoms with Crippen LogP contribution in [0.15, 0.2) is 47.1 Å². The quantitative estimate of drug-likeness (QED) is 0.871. The summed E-state index contributed by atoms with van der Waals surface area (Å²) in [5, 5.41) is 9.32. The Morgan fingerprint density at radius 1 is 1.33 bits per heavy atom. The van der Waals surface area contributed by atoms with E-state index in [9.17, 15) is 5.26 Å². The van der Waals surface area contributed by atoms with Gasteiger partial charge in [0, 0.05) is 10.7 Å². The van der Waals surface area contributed by atoms with Crippen molar-refractivity contribution < 1.29 is 4.74 Å². The molecule has 4 heteroatoms. The SMILES string of the molecule is COc1cccc(C(C#N)c2ccc(Br)cn2)c1. The van der Waals surface area contributed by atoms with E-state index in [1.54, 1.807) is 13.3 Å². The zero-order valence-corrected chi connectivity index (χ0v) is 11.4. The van der Waals surface area contributed by atoms with Gasteiger partial charge in [0.15, 0.2) is 0 Å². The topological polar surface area (TPSA) is 45.9 Å². The van der Waals surface area contributed by atoms with Crippen LogP contribution >= 0.6 is 15.9 Å². The minimum Gasteiger partial charge on any atom is -0.497 e. The molecule has 0 N–H and O–H groups in total. The summed E-state index contributed by atoms with van der Waals surface area (Å²) in [6, 6.07) is 13.5. The molecule has 1 heterocycles. The fourth-order valence-corrected chi connectivity index (χ4v) is 1.93. The van der Waals surface area contributed by atoms with Crippen LogP contribution in [0.25, 0.3) is 0 Å². The molecule has 0 saturated heterocycles. The highest BCUT2D eigenvalue weighted by molar-refractivity contribution is 9.10. The number of hydrogen-bond acceptors (Lipinski definition) is 3.